The number of primary amides is 1. The molecule has 1 aromatic carbocycles. The second-order valence-electron chi connectivity index (χ2n) is 4.92. The molecule has 2 aromatic rings. The van der Waals surface area contributed by atoms with Crippen LogP contribution in [0.1, 0.15) is 23.2 Å². The summed E-state index contributed by atoms with van der Waals surface area (Å²) in [5, 5.41) is 13.4. The molecule has 0 spiro atoms. The van der Waals surface area contributed by atoms with Crippen LogP contribution >= 0.6 is 11.3 Å². The third-order valence-corrected chi connectivity index (χ3v) is 4.15. The summed E-state index contributed by atoms with van der Waals surface area (Å²) in [5.74, 6) is -2.31. The molecule has 7 heteroatoms. The Morgan fingerprint density at radius 1 is 1.17 bits per heavy atom. The third-order valence-electron chi connectivity index (χ3n) is 3.24. The Balaban J connectivity index is 2.04. The smallest absolute Gasteiger partial charge is 0.326 e. The first kappa shape index (κ1) is 16.7. The molecule has 1 atom stereocenters. The average molecular weight is 332 g/mol. The summed E-state index contributed by atoms with van der Waals surface area (Å²) in [5.41, 5.74) is 6.35. The number of nitrogens with one attached hydrogen (secondary N) is 1. The Bertz CT molecular complexity index is 695. The molecule has 0 aliphatic heterocycles. The number of carbonyl (C=O) groups excluding carboxylic acids is 2. The number of amides is 2. The second-order valence-corrected chi connectivity index (χ2v) is 5.87. The van der Waals surface area contributed by atoms with Gasteiger partial charge in [0.1, 0.15) is 6.04 Å². The maximum absolute atomic E-state index is 12.1. The van der Waals surface area contributed by atoms with Crippen LogP contribution in [0.25, 0.3) is 10.4 Å². The lowest BCUT2D eigenvalue weighted by atomic mass is 10.1. The summed E-state index contributed by atoms with van der Waals surface area (Å²) in [7, 11) is 0. The van der Waals surface area contributed by atoms with E-state index in [-0.39, 0.29) is 12.8 Å². The minimum atomic E-state index is -1.20. The van der Waals surface area contributed by atoms with Gasteiger partial charge in [0.05, 0.1) is 0 Å². The van der Waals surface area contributed by atoms with Crippen molar-refractivity contribution in [2.45, 2.75) is 18.9 Å². The van der Waals surface area contributed by atoms with Crippen molar-refractivity contribution in [2.24, 2.45) is 5.73 Å². The molecule has 0 aliphatic rings. The molecule has 120 valence electrons. The first-order valence-electron chi connectivity index (χ1n) is 6.93. The van der Waals surface area contributed by atoms with Gasteiger partial charge in [-0.3, -0.25) is 9.59 Å². The number of carboxylic acids is 1. The predicted octanol–water partition coefficient (Wildman–Crippen LogP) is 1.86. The van der Waals surface area contributed by atoms with Gasteiger partial charge in [0.2, 0.25) is 5.91 Å². The largest absolute Gasteiger partial charge is 0.480 e. The summed E-state index contributed by atoms with van der Waals surface area (Å²) in [6.45, 7) is 0. The summed E-state index contributed by atoms with van der Waals surface area (Å²) < 4.78 is 0. The van der Waals surface area contributed by atoms with E-state index in [9.17, 15) is 14.4 Å². The predicted molar refractivity (Wildman–Crippen MR) is 87.1 cm³/mol. The number of aliphatic carboxylic acids is 1. The zero-order valence-electron chi connectivity index (χ0n) is 12.2. The Morgan fingerprint density at radius 2 is 1.87 bits per heavy atom. The van der Waals surface area contributed by atoms with Crippen LogP contribution in [0.2, 0.25) is 0 Å². The van der Waals surface area contributed by atoms with Crippen LogP contribution in [-0.2, 0) is 9.59 Å². The standard InChI is InChI=1S/C16H16N2O4S/c17-14(19)8-7-12(16(21)22)18-15(20)11-5-3-10(4-6-11)13-2-1-9-23-13/h1-6,9,12H,7-8H2,(H2,17,19)(H,18,20)(H,21,22)/t12-/m0/s1. The molecule has 0 unspecified atom stereocenters. The van der Waals surface area contributed by atoms with E-state index >= 15 is 0 Å². The van der Waals surface area contributed by atoms with Crippen LogP contribution in [0.3, 0.4) is 0 Å². The Hall–Kier alpha value is -2.67. The number of benzene rings is 1. The van der Waals surface area contributed by atoms with Gasteiger partial charge in [0.15, 0.2) is 0 Å². The lowest BCUT2D eigenvalue weighted by Crippen LogP contribution is -2.41. The van der Waals surface area contributed by atoms with Crippen LogP contribution in [0.4, 0.5) is 0 Å². The Morgan fingerprint density at radius 3 is 2.39 bits per heavy atom. The van der Waals surface area contributed by atoms with E-state index in [2.05, 4.69) is 5.32 Å². The summed E-state index contributed by atoms with van der Waals surface area (Å²) >= 11 is 1.59. The van der Waals surface area contributed by atoms with Crippen molar-refractivity contribution in [1.29, 1.82) is 0 Å². The quantitative estimate of drug-likeness (QED) is 0.719. The van der Waals surface area contributed by atoms with E-state index in [0.717, 1.165) is 10.4 Å². The van der Waals surface area contributed by atoms with E-state index in [1.165, 1.54) is 0 Å². The molecule has 2 rings (SSSR count). The van der Waals surface area contributed by atoms with Gasteiger partial charge in [0.25, 0.3) is 5.91 Å². The van der Waals surface area contributed by atoms with Gasteiger partial charge in [-0.25, -0.2) is 4.79 Å². The van der Waals surface area contributed by atoms with Gasteiger partial charge < -0.3 is 16.2 Å². The normalized spacial score (nSPS) is 11.7. The van der Waals surface area contributed by atoms with E-state index < -0.39 is 23.8 Å². The van der Waals surface area contributed by atoms with Gasteiger partial charge >= 0.3 is 5.97 Å². The first-order valence-corrected chi connectivity index (χ1v) is 7.81. The topological polar surface area (TPSA) is 109 Å². The molecular weight excluding hydrogens is 316 g/mol. The van der Waals surface area contributed by atoms with Crippen molar-refractivity contribution < 1.29 is 19.5 Å². The van der Waals surface area contributed by atoms with Crippen LogP contribution < -0.4 is 11.1 Å². The number of thiophene rings is 1. The molecule has 6 nitrogen and oxygen atoms in total. The molecule has 1 aromatic heterocycles. The van der Waals surface area contributed by atoms with Crippen LogP contribution in [0, 0.1) is 0 Å². The SMILES string of the molecule is NC(=O)CC[C@H](NC(=O)c1ccc(-c2cccs2)cc1)C(=O)O. The monoisotopic (exact) mass is 332 g/mol. The number of nitrogens with two attached hydrogens (primary N) is 1. The summed E-state index contributed by atoms with van der Waals surface area (Å²) in [6, 6.07) is 9.65. The third kappa shape index (κ3) is 4.65. The van der Waals surface area contributed by atoms with Crippen LogP contribution in [0.5, 0.6) is 0 Å². The molecule has 0 radical (unpaired) electrons. The maximum atomic E-state index is 12.1. The number of carbonyl (C=O) groups is 3. The number of carboxylic acid groups (broad SMARTS) is 1. The van der Waals surface area contributed by atoms with Gasteiger partial charge in [0, 0.05) is 16.9 Å². The van der Waals surface area contributed by atoms with Gasteiger partial charge in [-0.1, -0.05) is 18.2 Å². The van der Waals surface area contributed by atoms with Crippen LogP contribution in [0.15, 0.2) is 41.8 Å². The lowest BCUT2D eigenvalue weighted by Gasteiger charge is -2.13. The van der Waals surface area contributed by atoms with E-state index in [1.807, 2.05) is 17.5 Å². The average Bonchev–Trinajstić information content (AvgIpc) is 3.05. The lowest BCUT2D eigenvalue weighted by molar-refractivity contribution is -0.139. The fourth-order valence-electron chi connectivity index (χ4n) is 2.01. The minimum absolute atomic E-state index is 0.0380. The van der Waals surface area contributed by atoms with Crippen molar-refractivity contribution in [3.05, 3.63) is 47.3 Å². The molecule has 2 amide bonds. The zero-order valence-corrected chi connectivity index (χ0v) is 13.0. The van der Waals surface area contributed by atoms with Gasteiger partial charge in [-0.05, 0) is 35.6 Å². The van der Waals surface area contributed by atoms with Crippen molar-refractivity contribution in [1.82, 2.24) is 5.32 Å². The van der Waals surface area contributed by atoms with E-state index in [1.54, 1.807) is 35.6 Å². The number of hydrogen-bond donors (Lipinski definition) is 3. The highest BCUT2D eigenvalue weighted by atomic mass is 32.1. The van der Waals surface area contributed by atoms with E-state index in [0.29, 0.717) is 5.56 Å². The summed E-state index contributed by atoms with van der Waals surface area (Å²) in [4.78, 5) is 35.1. The van der Waals surface area contributed by atoms with Crippen molar-refractivity contribution in [3.63, 3.8) is 0 Å². The molecule has 0 fully saturated rings. The van der Waals surface area contributed by atoms with Crippen molar-refractivity contribution in [2.75, 3.05) is 0 Å². The molecular formula is C16H16N2O4S. The molecule has 23 heavy (non-hydrogen) atoms. The fourth-order valence-corrected chi connectivity index (χ4v) is 2.75. The first-order chi connectivity index (χ1) is 11.0. The summed E-state index contributed by atoms with van der Waals surface area (Å²) in [6.07, 6.45) is -0.141. The molecule has 0 saturated heterocycles. The number of rotatable bonds is 7. The zero-order chi connectivity index (χ0) is 16.8. The maximum Gasteiger partial charge on any atom is 0.326 e. The molecule has 4 N–H and O–H groups in total. The minimum Gasteiger partial charge on any atom is -0.480 e. The Labute approximate surface area is 136 Å². The molecule has 0 bridgehead atoms. The highest BCUT2D eigenvalue weighted by Gasteiger charge is 2.21. The highest BCUT2D eigenvalue weighted by molar-refractivity contribution is 7.13. The van der Waals surface area contributed by atoms with Crippen LogP contribution in [-0.4, -0.2) is 28.9 Å². The van der Waals surface area contributed by atoms with E-state index in [4.69, 9.17) is 10.8 Å². The molecule has 1 heterocycles. The van der Waals surface area contributed by atoms with Gasteiger partial charge in [-0.2, -0.15) is 0 Å². The molecule has 0 saturated carbocycles. The molecule has 0 aliphatic carbocycles. The van der Waals surface area contributed by atoms with Crippen molar-refractivity contribution >= 4 is 29.1 Å². The fraction of sp³-hybridized carbons (Fsp3) is 0.188. The highest BCUT2D eigenvalue weighted by Crippen LogP contribution is 2.24. The second kappa shape index (κ2) is 7.55. The Kier molecular flexibility index (Phi) is 5.48. The van der Waals surface area contributed by atoms with Gasteiger partial charge in [-0.15, -0.1) is 11.3 Å². The number of hydrogen-bond acceptors (Lipinski definition) is 4. The van der Waals surface area contributed by atoms with Crippen molar-refractivity contribution in [3.8, 4) is 10.4 Å².